The van der Waals surface area contributed by atoms with Crippen molar-refractivity contribution in [2.24, 2.45) is 0 Å². The Labute approximate surface area is 128 Å². The van der Waals surface area contributed by atoms with Crippen molar-refractivity contribution >= 4 is 24.2 Å². The predicted octanol–water partition coefficient (Wildman–Crippen LogP) is 1.36. The van der Waals surface area contributed by atoms with Crippen LogP contribution in [-0.2, 0) is 9.59 Å². The lowest BCUT2D eigenvalue weighted by Crippen LogP contribution is -2.46. The number of hydrogen-bond donors (Lipinski definition) is 3. The van der Waals surface area contributed by atoms with Gasteiger partial charge in [0.25, 0.3) is 0 Å². The van der Waals surface area contributed by atoms with Crippen molar-refractivity contribution < 1.29 is 9.59 Å². The van der Waals surface area contributed by atoms with Gasteiger partial charge < -0.3 is 16.0 Å². The van der Waals surface area contributed by atoms with Gasteiger partial charge in [-0.05, 0) is 46.6 Å². The second-order valence-electron chi connectivity index (χ2n) is 5.72. The lowest BCUT2D eigenvalue weighted by Gasteiger charge is -2.28. The standard InChI is InChI=1S/C14H27N3O2.ClH/c1-10(2)16-13(18)5-4-6-14(19)17-12-7-8-15-11(3)9-12;/h10-12,15H,4-9H2,1-3H3,(H,16,18)(H,17,19);1H. The van der Waals surface area contributed by atoms with E-state index in [0.29, 0.717) is 25.3 Å². The van der Waals surface area contributed by atoms with Crippen LogP contribution < -0.4 is 16.0 Å². The summed E-state index contributed by atoms with van der Waals surface area (Å²) in [6.45, 7) is 6.96. The van der Waals surface area contributed by atoms with Crippen LogP contribution in [-0.4, -0.2) is 36.5 Å². The van der Waals surface area contributed by atoms with Gasteiger partial charge in [-0.15, -0.1) is 12.4 Å². The predicted molar refractivity (Wildman–Crippen MR) is 83.0 cm³/mol. The SMILES string of the molecule is CC(C)NC(=O)CCCC(=O)NC1CCNC(C)C1.Cl. The molecule has 0 saturated carbocycles. The molecule has 3 N–H and O–H groups in total. The van der Waals surface area contributed by atoms with Crippen LogP contribution in [0.3, 0.4) is 0 Å². The fraction of sp³-hybridized carbons (Fsp3) is 0.857. The second-order valence-corrected chi connectivity index (χ2v) is 5.72. The zero-order valence-corrected chi connectivity index (χ0v) is 13.5. The molecule has 0 aromatic heterocycles. The van der Waals surface area contributed by atoms with Crippen molar-refractivity contribution in [1.29, 1.82) is 0 Å². The van der Waals surface area contributed by atoms with Crippen molar-refractivity contribution in [2.45, 2.75) is 71.0 Å². The van der Waals surface area contributed by atoms with Gasteiger partial charge >= 0.3 is 0 Å². The molecule has 1 heterocycles. The third kappa shape index (κ3) is 8.38. The fourth-order valence-corrected chi connectivity index (χ4v) is 2.37. The van der Waals surface area contributed by atoms with E-state index in [9.17, 15) is 9.59 Å². The molecule has 5 nitrogen and oxygen atoms in total. The first-order chi connectivity index (χ1) is 8.97. The van der Waals surface area contributed by atoms with E-state index < -0.39 is 0 Å². The van der Waals surface area contributed by atoms with Crippen LogP contribution >= 0.6 is 12.4 Å². The molecule has 0 bridgehead atoms. The van der Waals surface area contributed by atoms with Gasteiger partial charge in [-0.1, -0.05) is 0 Å². The molecule has 0 aromatic carbocycles. The van der Waals surface area contributed by atoms with Crippen LogP contribution in [0.5, 0.6) is 0 Å². The monoisotopic (exact) mass is 305 g/mol. The average Bonchev–Trinajstić information content (AvgIpc) is 2.27. The molecule has 2 amide bonds. The molecule has 2 atom stereocenters. The summed E-state index contributed by atoms with van der Waals surface area (Å²) in [4.78, 5) is 23.2. The number of hydrogen-bond acceptors (Lipinski definition) is 3. The molecule has 0 spiro atoms. The van der Waals surface area contributed by atoms with Crippen LogP contribution in [0.1, 0.15) is 52.9 Å². The first kappa shape index (κ1) is 19.2. The van der Waals surface area contributed by atoms with Crippen LogP contribution in [0, 0.1) is 0 Å². The first-order valence-corrected chi connectivity index (χ1v) is 7.29. The zero-order valence-electron chi connectivity index (χ0n) is 12.7. The maximum Gasteiger partial charge on any atom is 0.220 e. The number of carbonyl (C=O) groups is 2. The van der Waals surface area contributed by atoms with E-state index in [-0.39, 0.29) is 36.3 Å². The highest BCUT2D eigenvalue weighted by atomic mass is 35.5. The summed E-state index contributed by atoms with van der Waals surface area (Å²) in [6.07, 6.45) is 3.45. The lowest BCUT2D eigenvalue weighted by atomic mass is 10.0. The van der Waals surface area contributed by atoms with Crippen LogP contribution in [0.25, 0.3) is 0 Å². The van der Waals surface area contributed by atoms with E-state index in [1.807, 2.05) is 13.8 Å². The summed E-state index contributed by atoms with van der Waals surface area (Å²) in [5, 5.41) is 9.24. The Kier molecular flexibility index (Phi) is 9.59. The molecule has 0 aliphatic carbocycles. The average molecular weight is 306 g/mol. The molecule has 0 radical (unpaired) electrons. The minimum Gasteiger partial charge on any atom is -0.354 e. The Morgan fingerprint density at radius 2 is 1.90 bits per heavy atom. The number of halogens is 1. The van der Waals surface area contributed by atoms with Crippen LogP contribution in [0.2, 0.25) is 0 Å². The van der Waals surface area contributed by atoms with E-state index in [1.165, 1.54) is 0 Å². The highest BCUT2D eigenvalue weighted by molar-refractivity contribution is 5.85. The highest BCUT2D eigenvalue weighted by Crippen LogP contribution is 2.08. The number of carbonyl (C=O) groups excluding carboxylic acids is 2. The normalized spacial score (nSPS) is 22.0. The van der Waals surface area contributed by atoms with E-state index in [2.05, 4.69) is 22.9 Å². The minimum atomic E-state index is 0. The summed E-state index contributed by atoms with van der Waals surface area (Å²) >= 11 is 0. The van der Waals surface area contributed by atoms with Crippen molar-refractivity contribution in [3.8, 4) is 0 Å². The molecule has 2 unspecified atom stereocenters. The minimum absolute atomic E-state index is 0. The molecule has 118 valence electrons. The summed E-state index contributed by atoms with van der Waals surface area (Å²) in [7, 11) is 0. The highest BCUT2D eigenvalue weighted by Gasteiger charge is 2.19. The lowest BCUT2D eigenvalue weighted by molar-refractivity contribution is -0.123. The molecule has 1 fully saturated rings. The quantitative estimate of drug-likeness (QED) is 0.694. The summed E-state index contributed by atoms with van der Waals surface area (Å²) in [6, 6.07) is 0.918. The van der Waals surface area contributed by atoms with Gasteiger partial charge in [-0.2, -0.15) is 0 Å². The topological polar surface area (TPSA) is 70.2 Å². The summed E-state index contributed by atoms with van der Waals surface area (Å²) in [5.74, 6) is 0.0923. The summed E-state index contributed by atoms with van der Waals surface area (Å²) < 4.78 is 0. The molecule has 20 heavy (non-hydrogen) atoms. The Morgan fingerprint density at radius 3 is 2.50 bits per heavy atom. The number of piperidine rings is 1. The largest absolute Gasteiger partial charge is 0.354 e. The Balaban J connectivity index is 0.00000361. The second kappa shape index (κ2) is 10.00. The third-order valence-corrected chi connectivity index (χ3v) is 3.25. The van der Waals surface area contributed by atoms with Gasteiger partial charge in [0, 0.05) is 31.0 Å². The van der Waals surface area contributed by atoms with Gasteiger partial charge in [0.15, 0.2) is 0 Å². The van der Waals surface area contributed by atoms with E-state index >= 15 is 0 Å². The smallest absolute Gasteiger partial charge is 0.220 e. The van der Waals surface area contributed by atoms with E-state index in [4.69, 9.17) is 0 Å². The van der Waals surface area contributed by atoms with Crippen molar-refractivity contribution in [3.63, 3.8) is 0 Å². The van der Waals surface area contributed by atoms with Gasteiger partial charge in [0.05, 0.1) is 0 Å². The molecule has 1 aliphatic heterocycles. The number of rotatable bonds is 6. The van der Waals surface area contributed by atoms with Crippen molar-refractivity contribution in [3.05, 3.63) is 0 Å². The molecular formula is C14H28ClN3O2. The number of nitrogens with one attached hydrogen (secondary N) is 3. The van der Waals surface area contributed by atoms with Gasteiger partial charge in [-0.3, -0.25) is 9.59 Å². The molecule has 1 rings (SSSR count). The van der Waals surface area contributed by atoms with E-state index in [0.717, 1.165) is 19.4 Å². The molecule has 6 heteroatoms. The maximum atomic E-state index is 11.8. The Morgan fingerprint density at radius 1 is 1.25 bits per heavy atom. The zero-order chi connectivity index (χ0) is 14.3. The molecule has 0 aromatic rings. The Bertz CT molecular complexity index is 311. The van der Waals surface area contributed by atoms with Gasteiger partial charge in [-0.25, -0.2) is 0 Å². The third-order valence-electron chi connectivity index (χ3n) is 3.25. The molecule has 1 aliphatic rings. The van der Waals surface area contributed by atoms with Crippen molar-refractivity contribution in [2.75, 3.05) is 6.54 Å². The van der Waals surface area contributed by atoms with Crippen molar-refractivity contribution in [1.82, 2.24) is 16.0 Å². The fourth-order valence-electron chi connectivity index (χ4n) is 2.37. The number of amides is 2. The maximum absolute atomic E-state index is 11.8. The summed E-state index contributed by atoms with van der Waals surface area (Å²) in [5.41, 5.74) is 0. The van der Waals surface area contributed by atoms with Crippen LogP contribution in [0.15, 0.2) is 0 Å². The molecular weight excluding hydrogens is 278 g/mol. The molecule has 1 saturated heterocycles. The van der Waals surface area contributed by atoms with Gasteiger partial charge in [0.1, 0.15) is 0 Å². The van der Waals surface area contributed by atoms with E-state index in [1.54, 1.807) is 0 Å². The Hall–Kier alpha value is -0.810. The van der Waals surface area contributed by atoms with Crippen LogP contribution in [0.4, 0.5) is 0 Å². The van der Waals surface area contributed by atoms with Gasteiger partial charge in [0.2, 0.25) is 11.8 Å². The first-order valence-electron chi connectivity index (χ1n) is 7.29.